The molecule has 0 radical (unpaired) electrons. The maximum Gasteiger partial charge on any atom is 0.294 e. The number of sulfonamides is 2. The Morgan fingerprint density at radius 3 is 2.15 bits per heavy atom. The predicted octanol–water partition coefficient (Wildman–Crippen LogP) is 5.30. The zero-order valence-electron chi connectivity index (χ0n) is 28.0. The van der Waals surface area contributed by atoms with Crippen LogP contribution in [0.5, 0.6) is 0 Å². The minimum atomic E-state index is -4.45. The lowest BCUT2D eigenvalue weighted by atomic mass is 9.88. The first kappa shape index (κ1) is 39.5. The number of nitrogens with zero attached hydrogens (tertiary/aromatic N) is 2. The number of benzene rings is 4. The van der Waals surface area contributed by atoms with E-state index in [1.165, 1.54) is 18.2 Å². The molecule has 1 aromatic heterocycles. The molecule has 5 aromatic rings. The second-order valence-electron chi connectivity index (χ2n) is 11.6. The van der Waals surface area contributed by atoms with E-state index in [9.17, 15) is 32.1 Å². The number of hydrogen-bond donors (Lipinski definition) is 3. The molecular weight excluding hydrogens is 752 g/mol. The minimum absolute atomic E-state index is 0.0331. The van der Waals surface area contributed by atoms with Crippen LogP contribution < -0.4 is 10.3 Å². The van der Waals surface area contributed by atoms with Crippen LogP contribution in [-0.2, 0) is 47.6 Å². The van der Waals surface area contributed by atoms with Crippen molar-refractivity contribution in [1.82, 2.24) is 5.16 Å². The molecule has 0 amide bonds. The monoisotopic (exact) mass is 786 g/mol. The van der Waals surface area contributed by atoms with Crippen molar-refractivity contribution in [2.45, 2.75) is 35.8 Å². The Kier molecular flexibility index (Phi) is 13.0. The Labute approximate surface area is 310 Å². The number of primary sulfonamides is 2. The van der Waals surface area contributed by atoms with Crippen LogP contribution in [0.4, 0.5) is 0 Å². The molecule has 0 atom stereocenters. The van der Waals surface area contributed by atoms with E-state index in [0.717, 1.165) is 0 Å². The molecule has 280 valence electrons. The third-order valence-corrected chi connectivity index (χ3v) is 10.1. The molecule has 0 aliphatic carbocycles. The van der Waals surface area contributed by atoms with Crippen molar-refractivity contribution in [2.75, 3.05) is 26.4 Å². The number of aliphatic hydroxyl groups excluding tert-OH is 1. The third kappa shape index (κ3) is 9.83. The van der Waals surface area contributed by atoms with Gasteiger partial charge in [-0.15, -0.1) is 10.1 Å². The fourth-order valence-corrected chi connectivity index (χ4v) is 7.17. The van der Waals surface area contributed by atoms with Gasteiger partial charge in [-0.2, -0.15) is 0 Å². The highest BCUT2D eigenvalue weighted by atomic mass is 35.5. The Morgan fingerprint density at radius 2 is 1.47 bits per heavy atom. The van der Waals surface area contributed by atoms with Gasteiger partial charge in [0.2, 0.25) is 20.0 Å². The molecule has 5 N–H and O–H groups in total. The largest absolute Gasteiger partial charge is 0.396 e. The third-order valence-electron chi connectivity index (χ3n) is 7.91. The molecule has 0 fully saturated rings. The summed E-state index contributed by atoms with van der Waals surface area (Å²) in [7, 11) is -8.79. The van der Waals surface area contributed by atoms with Crippen molar-refractivity contribution < 1.29 is 45.9 Å². The van der Waals surface area contributed by atoms with Crippen LogP contribution in [0.15, 0.2) is 99.2 Å². The van der Waals surface area contributed by atoms with Gasteiger partial charge < -0.3 is 23.9 Å². The number of nitrogens with two attached hydrogens (primary N) is 2. The standard InChI is InChI=1S/C35H35ClN4O11S2/c36-30-11-5-4-10-27(30)28-20-26(52(37,44)45)18-25(21-48-16-7-17-50-40(42)43)33(28)29-19-24(12-13-32(29)53(38,46)47)34-31(22-49-15-6-14-41)51-39-35(34)23-8-2-1-3-9-23/h1-5,8-13,18-20,41H,6-7,14-17,21-22H2,(H2,37,44,45)(H2,38,46,47). The molecule has 1 heterocycles. The van der Waals surface area contributed by atoms with E-state index >= 15 is 0 Å². The lowest BCUT2D eigenvalue weighted by molar-refractivity contribution is -0.757. The zero-order chi connectivity index (χ0) is 38.2. The van der Waals surface area contributed by atoms with Crippen LogP contribution >= 0.6 is 11.6 Å². The Morgan fingerprint density at radius 1 is 0.774 bits per heavy atom. The van der Waals surface area contributed by atoms with Crippen LogP contribution in [0, 0.1) is 10.1 Å². The highest BCUT2D eigenvalue weighted by molar-refractivity contribution is 7.89. The summed E-state index contributed by atoms with van der Waals surface area (Å²) in [5.74, 6) is 0.312. The number of aromatic nitrogens is 1. The molecule has 0 aliphatic heterocycles. The van der Waals surface area contributed by atoms with E-state index in [4.69, 9.17) is 35.9 Å². The molecule has 18 heteroatoms. The number of ether oxygens (including phenoxy) is 2. The highest BCUT2D eigenvalue weighted by Crippen LogP contribution is 2.45. The van der Waals surface area contributed by atoms with E-state index in [1.807, 2.05) is 30.3 Å². The molecule has 4 aromatic carbocycles. The average molecular weight is 787 g/mol. The lowest BCUT2D eigenvalue weighted by Gasteiger charge is -2.21. The minimum Gasteiger partial charge on any atom is -0.396 e. The van der Waals surface area contributed by atoms with Gasteiger partial charge >= 0.3 is 0 Å². The summed E-state index contributed by atoms with van der Waals surface area (Å²) in [4.78, 5) is 14.3. The van der Waals surface area contributed by atoms with Gasteiger partial charge in [-0.05, 0) is 65.4 Å². The van der Waals surface area contributed by atoms with Crippen molar-refractivity contribution >= 4 is 31.6 Å². The topological polar surface area (TPSA) is 237 Å². The van der Waals surface area contributed by atoms with E-state index in [2.05, 4.69) is 9.99 Å². The van der Waals surface area contributed by atoms with Gasteiger partial charge in [0.25, 0.3) is 5.09 Å². The maximum atomic E-state index is 13.3. The molecule has 0 unspecified atom stereocenters. The maximum absolute atomic E-state index is 13.3. The molecule has 0 bridgehead atoms. The number of hydrogen-bond acceptors (Lipinski definition) is 12. The van der Waals surface area contributed by atoms with Crippen LogP contribution in [0.25, 0.3) is 44.6 Å². The zero-order valence-corrected chi connectivity index (χ0v) is 30.4. The molecule has 0 aliphatic rings. The van der Waals surface area contributed by atoms with Crippen molar-refractivity contribution in [3.05, 3.63) is 111 Å². The molecule has 15 nitrogen and oxygen atoms in total. The number of halogens is 1. The summed E-state index contributed by atoms with van der Waals surface area (Å²) in [6.45, 7) is -0.477. The molecule has 0 saturated heterocycles. The van der Waals surface area contributed by atoms with E-state index in [0.29, 0.717) is 40.1 Å². The molecular formula is C35H35ClN4O11S2. The van der Waals surface area contributed by atoms with E-state index in [1.54, 1.807) is 36.4 Å². The van der Waals surface area contributed by atoms with Gasteiger partial charge in [0.15, 0.2) is 5.76 Å². The normalized spacial score (nSPS) is 11.8. The van der Waals surface area contributed by atoms with Crippen LogP contribution in [0.1, 0.15) is 24.2 Å². The fourth-order valence-electron chi connectivity index (χ4n) is 5.62. The van der Waals surface area contributed by atoms with Gasteiger partial charge in [0.1, 0.15) is 12.3 Å². The summed E-state index contributed by atoms with van der Waals surface area (Å²) >= 11 is 6.67. The first-order valence-corrected chi connectivity index (χ1v) is 19.5. The Bertz CT molecular complexity index is 2300. The van der Waals surface area contributed by atoms with Gasteiger partial charge in [0, 0.05) is 41.5 Å². The van der Waals surface area contributed by atoms with Gasteiger partial charge in [-0.1, -0.05) is 71.4 Å². The summed E-state index contributed by atoms with van der Waals surface area (Å²) in [5.41, 5.74) is 3.02. The van der Waals surface area contributed by atoms with Crippen molar-refractivity contribution in [3.63, 3.8) is 0 Å². The van der Waals surface area contributed by atoms with Crippen LogP contribution in [0.2, 0.25) is 5.02 Å². The van der Waals surface area contributed by atoms with Gasteiger partial charge in [-0.3, -0.25) is 0 Å². The number of aliphatic hydroxyl groups is 1. The van der Waals surface area contributed by atoms with Crippen molar-refractivity contribution in [2.24, 2.45) is 10.3 Å². The van der Waals surface area contributed by atoms with Crippen molar-refractivity contribution in [1.29, 1.82) is 0 Å². The fraction of sp³-hybridized carbons (Fsp3) is 0.229. The predicted molar refractivity (Wildman–Crippen MR) is 195 cm³/mol. The molecule has 0 saturated carbocycles. The number of rotatable bonds is 18. The van der Waals surface area contributed by atoms with Crippen molar-refractivity contribution in [3.8, 4) is 44.6 Å². The van der Waals surface area contributed by atoms with Gasteiger partial charge in [-0.25, -0.2) is 27.1 Å². The summed E-state index contributed by atoms with van der Waals surface area (Å²) < 4.78 is 69.5. The molecule has 53 heavy (non-hydrogen) atoms. The quantitative estimate of drug-likeness (QED) is 0.0582. The van der Waals surface area contributed by atoms with Crippen LogP contribution in [0.3, 0.4) is 0 Å². The highest BCUT2D eigenvalue weighted by Gasteiger charge is 2.27. The first-order valence-electron chi connectivity index (χ1n) is 16.0. The second-order valence-corrected chi connectivity index (χ2v) is 15.1. The Balaban J connectivity index is 1.79. The summed E-state index contributed by atoms with van der Waals surface area (Å²) in [6.07, 6.45) is 0.495. The molecule has 5 rings (SSSR count). The lowest BCUT2D eigenvalue weighted by Crippen LogP contribution is -2.16. The van der Waals surface area contributed by atoms with Gasteiger partial charge in [0.05, 0.1) is 28.6 Å². The first-order chi connectivity index (χ1) is 25.3. The second kappa shape index (κ2) is 17.4. The smallest absolute Gasteiger partial charge is 0.294 e. The van der Waals surface area contributed by atoms with Crippen LogP contribution in [-0.4, -0.2) is 58.6 Å². The summed E-state index contributed by atoms with van der Waals surface area (Å²) in [5, 5.41) is 34.9. The molecule has 0 spiro atoms. The van der Waals surface area contributed by atoms with E-state index in [-0.39, 0.29) is 83.1 Å². The average Bonchev–Trinajstić information content (AvgIpc) is 3.54. The Hall–Kier alpha value is -4.72. The summed E-state index contributed by atoms with van der Waals surface area (Å²) in [6, 6.07) is 22.6. The van der Waals surface area contributed by atoms with E-state index < -0.39 is 25.1 Å². The SMILES string of the molecule is NS(=O)(=O)c1cc(COCCCO[N+](=O)[O-])c(-c2cc(-c3c(-c4ccccc4)noc3COCCCO)ccc2S(N)(=O)=O)c(-c2ccccc2Cl)c1.